The molecule has 1 heterocycles. The number of halogens is 1. The maximum Gasteiger partial charge on any atom is 0.264 e. The molecule has 0 saturated heterocycles. The summed E-state index contributed by atoms with van der Waals surface area (Å²) in [5.74, 6) is 1.38. The van der Waals surface area contributed by atoms with E-state index >= 15 is 0 Å². The van der Waals surface area contributed by atoms with Crippen LogP contribution in [0.4, 0.5) is 5.69 Å². The molecule has 0 saturated carbocycles. The number of fused-ring (bicyclic) bond motifs is 1. The first-order valence-corrected chi connectivity index (χ1v) is 12.3. The number of ether oxygens (including phenoxy) is 3. The van der Waals surface area contributed by atoms with Crippen LogP contribution in [0.1, 0.15) is 12.5 Å². The fourth-order valence-electron chi connectivity index (χ4n) is 3.36. The summed E-state index contributed by atoms with van der Waals surface area (Å²) >= 11 is 5.92. The van der Waals surface area contributed by atoms with Crippen LogP contribution in [-0.2, 0) is 21.4 Å². The Morgan fingerprint density at radius 2 is 1.74 bits per heavy atom. The van der Waals surface area contributed by atoms with Crippen molar-refractivity contribution in [3.05, 3.63) is 77.3 Å². The number of sulfonamides is 1. The standard InChI is InChI=1S/C24H23ClN2O6S/c1-2-31-20-8-6-19(7-9-20)27(34(29,30)21-10-4-18(25)5-11-21)15-24(28)26-14-17-3-12-22-23(13-17)33-16-32-22/h3-13H,2,14-16H2,1H3,(H,26,28). The van der Waals surface area contributed by atoms with Gasteiger partial charge in [-0.3, -0.25) is 9.10 Å². The van der Waals surface area contributed by atoms with Crippen molar-refractivity contribution in [2.75, 3.05) is 24.2 Å². The molecule has 1 N–H and O–H groups in total. The molecule has 0 unspecified atom stereocenters. The molecule has 0 atom stereocenters. The Morgan fingerprint density at radius 1 is 1.03 bits per heavy atom. The number of nitrogens with one attached hydrogen (secondary N) is 1. The van der Waals surface area contributed by atoms with Crippen LogP contribution in [0.15, 0.2) is 71.6 Å². The van der Waals surface area contributed by atoms with Crippen LogP contribution in [0.5, 0.6) is 17.2 Å². The van der Waals surface area contributed by atoms with E-state index in [1.165, 1.54) is 24.3 Å². The molecule has 8 nitrogen and oxygen atoms in total. The summed E-state index contributed by atoms with van der Waals surface area (Å²) in [6, 6.07) is 17.7. The van der Waals surface area contributed by atoms with E-state index in [1.807, 2.05) is 13.0 Å². The van der Waals surface area contributed by atoms with Gasteiger partial charge in [0.15, 0.2) is 11.5 Å². The van der Waals surface area contributed by atoms with Crippen LogP contribution in [0.3, 0.4) is 0 Å². The summed E-state index contributed by atoms with van der Waals surface area (Å²) in [5.41, 5.74) is 1.13. The second-order valence-electron chi connectivity index (χ2n) is 7.36. The molecule has 0 spiro atoms. The Morgan fingerprint density at radius 3 is 2.44 bits per heavy atom. The number of carbonyl (C=O) groups excluding carboxylic acids is 1. The zero-order valence-electron chi connectivity index (χ0n) is 18.4. The lowest BCUT2D eigenvalue weighted by atomic mass is 10.2. The zero-order valence-corrected chi connectivity index (χ0v) is 19.9. The predicted octanol–water partition coefficient (Wildman–Crippen LogP) is 3.98. The van der Waals surface area contributed by atoms with Gasteiger partial charge in [0.05, 0.1) is 17.2 Å². The van der Waals surface area contributed by atoms with Gasteiger partial charge in [0.1, 0.15) is 12.3 Å². The first-order valence-electron chi connectivity index (χ1n) is 10.5. The Hall–Kier alpha value is -3.43. The third kappa shape index (κ3) is 5.37. The summed E-state index contributed by atoms with van der Waals surface area (Å²) in [6.45, 7) is 2.28. The number of carbonyl (C=O) groups is 1. The lowest BCUT2D eigenvalue weighted by Gasteiger charge is -2.24. The molecular formula is C24H23ClN2O6S. The number of hydrogen-bond donors (Lipinski definition) is 1. The lowest BCUT2D eigenvalue weighted by molar-refractivity contribution is -0.119. The fraction of sp³-hybridized carbons (Fsp3) is 0.208. The number of benzene rings is 3. The molecule has 3 aromatic carbocycles. The van der Waals surface area contributed by atoms with Crippen molar-refractivity contribution in [2.45, 2.75) is 18.4 Å². The lowest BCUT2D eigenvalue weighted by Crippen LogP contribution is -2.40. The summed E-state index contributed by atoms with van der Waals surface area (Å²) in [6.07, 6.45) is 0. The van der Waals surface area contributed by atoms with E-state index < -0.39 is 22.5 Å². The van der Waals surface area contributed by atoms with E-state index in [-0.39, 0.29) is 18.2 Å². The molecule has 178 valence electrons. The molecule has 34 heavy (non-hydrogen) atoms. The largest absolute Gasteiger partial charge is 0.494 e. The predicted molar refractivity (Wildman–Crippen MR) is 128 cm³/mol. The topological polar surface area (TPSA) is 94.2 Å². The monoisotopic (exact) mass is 502 g/mol. The normalized spacial score (nSPS) is 12.3. The Kier molecular flexibility index (Phi) is 7.14. The van der Waals surface area contributed by atoms with Crippen molar-refractivity contribution in [2.24, 2.45) is 0 Å². The number of nitrogens with zero attached hydrogens (tertiary/aromatic N) is 1. The van der Waals surface area contributed by atoms with E-state index in [2.05, 4.69) is 5.32 Å². The molecule has 0 fully saturated rings. The van der Waals surface area contributed by atoms with Gasteiger partial charge in [-0.1, -0.05) is 17.7 Å². The SMILES string of the molecule is CCOc1ccc(N(CC(=O)NCc2ccc3c(c2)OCO3)S(=O)(=O)c2ccc(Cl)cc2)cc1. The van der Waals surface area contributed by atoms with Gasteiger partial charge >= 0.3 is 0 Å². The average molecular weight is 503 g/mol. The molecule has 4 rings (SSSR count). The van der Waals surface area contributed by atoms with Crippen LogP contribution in [-0.4, -0.2) is 34.3 Å². The highest BCUT2D eigenvalue weighted by Crippen LogP contribution is 2.32. The smallest absolute Gasteiger partial charge is 0.264 e. The summed E-state index contributed by atoms with van der Waals surface area (Å²) < 4.78 is 44.0. The van der Waals surface area contributed by atoms with Crippen LogP contribution in [0.2, 0.25) is 5.02 Å². The Balaban J connectivity index is 1.54. The van der Waals surface area contributed by atoms with Gasteiger partial charge in [-0.25, -0.2) is 8.42 Å². The third-order valence-corrected chi connectivity index (χ3v) is 7.09. The minimum absolute atomic E-state index is 0.0226. The highest BCUT2D eigenvalue weighted by Gasteiger charge is 2.27. The summed E-state index contributed by atoms with van der Waals surface area (Å²) in [5, 5.41) is 3.18. The van der Waals surface area contributed by atoms with Gasteiger partial charge in [-0.2, -0.15) is 0 Å². The number of amides is 1. The van der Waals surface area contributed by atoms with Crippen LogP contribution >= 0.6 is 11.6 Å². The second kappa shape index (κ2) is 10.2. The summed E-state index contributed by atoms with van der Waals surface area (Å²) in [7, 11) is -4.05. The summed E-state index contributed by atoms with van der Waals surface area (Å²) in [4.78, 5) is 12.8. The van der Waals surface area contributed by atoms with Crippen molar-refractivity contribution in [1.29, 1.82) is 0 Å². The fourth-order valence-corrected chi connectivity index (χ4v) is 4.91. The molecule has 1 amide bonds. The van der Waals surface area contributed by atoms with Gasteiger partial charge in [0, 0.05) is 11.6 Å². The second-order valence-corrected chi connectivity index (χ2v) is 9.66. The van der Waals surface area contributed by atoms with Crippen molar-refractivity contribution in [1.82, 2.24) is 5.32 Å². The van der Waals surface area contributed by atoms with Crippen LogP contribution in [0, 0.1) is 0 Å². The van der Waals surface area contributed by atoms with Gasteiger partial charge in [0.25, 0.3) is 10.0 Å². The molecule has 0 radical (unpaired) electrons. The number of hydrogen-bond acceptors (Lipinski definition) is 6. The molecule has 1 aliphatic rings. The number of rotatable bonds is 9. The molecule has 0 aromatic heterocycles. The van der Waals surface area contributed by atoms with E-state index in [4.69, 9.17) is 25.8 Å². The van der Waals surface area contributed by atoms with E-state index in [9.17, 15) is 13.2 Å². The van der Waals surface area contributed by atoms with Gasteiger partial charge < -0.3 is 19.5 Å². The van der Waals surface area contributed by atoms with E-state index in [1.54, 1.807) is 36.4 Å². The maximum absolute atomic E-state index is 13.4. The quantitative estimate of drug-likeness (QED) is 0.475. The molecule has 0 aliphatic carbocycles. The van der Waals surface area contributed by atoms with Gasteiger partial charge in [0.2, 0.25) is 12.7 Å². The van der Waals surface area contributed by atoms with Gasteiger partial charge in [-0.05, 0) is 73.2 Å². The molecule has 3 aromatic rings. The van der Waals surface area contributed by atoms with E-state index in [0.29, 0.717) is 34.6 Å². The van der Waals surface area contributed by atoms with Crippen LogP contribution in [0.25, 0.3) is 0 Å². The van der Waals surface area contributed by atoms with Crippen LogP contribution < -0.4 is 23.8 Å². The third-order valence-electron chi connectivity index (χ3n) is 5.05. The minimum atomic E-state index is -4.05. The zero-order chi connectivity index (χ0) is 24.1. The minimum Gasteiger partial charge on any atom is -0.494 e. The van der Waals surface area contributed by atoms with Crippen molar-refractivity contribution < 1.29 is 27.4 Å². The van der Waals surface area contributed by atoms with Crippen molar-refractivity contribution in [3.8, 4) is 17.2 Å². The highest BCUT2D eigenvalue weighted by atomic mass is 35.5. The van der Waals surface area contributed by atoms with Gasteiger partial charge in [-0.15, -0.1) is 0 Å². The molecular weight excluding hydrogens is 480 g/mol. The maximum atomic E-state index is 13.4. The molecule has 1 aliphatic heterocycles. The Bertz CT molecular complexity index is 1260. The van der Waals surface area contributed by atoms with Crippen molar-refractivity contribution in [3.63, 3.8) is 0 Å². The van der Waals surface area contributed by atoms with Crippen molar-refractivity contribution >= 4 is 33.2 Å². The average Bonchev–Trinajstić information content (AvgIpc) is 3.30. The Labute approximate surface area is 203 Å². The number of anilines is 1. The first-order chi connectivity index (χ1) is 16.4. The molecule has 10 heteroatoms. The van der Waals surface area contributed by atoms with E-state index in [0.717, 1.165) is 9.87 Å². The highest BCUT2D eigenvalue weighted by molar-refractivity contribution is 7.92. The first kappa shape index (κ1) is 23.7. The molecule has 0 bridgehead atoms.